The Labute approximate surface area is 206 Å². The van der Waals surface area contributed by atoms with E-state index in [0.717, 1.165) is 30.1 Å². The number of carbonyl (C=O) groups is 1. The van der Waals surface area contributed by atoms with Crippen LogP contribution >= 0.6 is 23.2 Å². The highest BCUT2D eigenvalue weighted by molar-refractivity contribution is 6.31. The fraction of sp³-hybridized carbons (Fsp3) is 0.375. The molecular formula is C24H24Cl2FN5O2. The number of urea groups is 1. The molecule has 3 heterocycles. The van der Waals surface area contributed by atoms with Crippen molar-refractivity contribution in [3.05, 3.63) is 75.0 Å². The number of nitrogens with zero attached hydrogens (tertiary/aromatic N) is 4. The van der Waals surface area contributed by atoms with Crippen LogP contribution in [0.1, 0.15) is 54.1 Å². The number of benzene rings is 2. The largest absolute Gasteiger partial charge is 0.490 e. The lowest BCUT2D eigenvalue weighted by atomic mass is 10.00. The number of aromatic nitrogens is 3. The van der Waals surface area contributed by atoms with Gasteiger partial charge in [-0.05, 0) is 49.6 Å². The lowest BCUT2D eigenvalue weighted by Crippen LogP contribution is -2.43. The van der Waals surface area contributed by atoms with E-state index in [2.05, 4.69) is 15.5 Å². The fourth-order valence-electron chi connectivity index (χ4n) is 4.71. The first-order chi connectivity index (χ1) is 16.4. The summed E-state index contributed by atoms with van der Waals surface area (Å²) in [7, 11) is 0. The van der Waals surface area contributed by atoms with Gasteiger partial charge in [-0.15, -0.1) is 10.2 Å². The quantitative estimate of drug-likeness (QED) is 0.513. The molecule has 7 nitrogen and oxygen atoms in total. The van der Waals surface area contributed by atoms with Gasteiger partial charge in [-0.1, -0.05) is 35.3 Å². The molecule has 34 heavy (non-hydrogen) atoms. The third-order valence-electron chi connectivity index (χ3n) is 6.42. The maximum Gasteiger partial charge on any atom is 0.318 e. The van der Waals surface area contributed by atoms with E-state index in [1.165, 1.54) is 12.1 Å². The topological polar surface area (TPSA) is 72.3 Å². The SMILES string of the molecule is Cc1nnc([C@H]2CCCN2C(=O)N[C@H]2CCOc3c(F)ccc(Cl)c32)n1Cc1ccc(Cl)cc1. The molecule has 0 saturated carbocycles. The fourth-order valence-corrected chi connectivity index (χ4v) is 5.12. The van der Waals surface area contributed by atoms with E-state index < -0.39 is 11.9 Å². The average molecular weight is 504 g/mol. The molecule has 2 amide bonds. The molecule has 0 bridgehead atoms. The van der Waals surface area contributed by atoms with Gasteiger partial charge < -0.3 is 19.5 Å². The van der Waals surface area contributed by atoms with Crippen LogP contribution in [0.4, 0.5) is 9.18 Å². The van der Waals surface area contributed by atoms with E-state index in [1.807, 2.05) is 35.8 Å². The first-order valence-corrected chi connectivity index (χ1v) is 12.0. The van der Waals surface area contributed by atoms with Crippen molar-refractivity contribution in [2.75, 3.05) is 13.2 Å². The van der Waals surface area contributed by atoms with Gasteiger partial charge >= 0.3 is 6.03 Å². The van der Waals surface area contributed by atoms with E-state index in [9.17, 15) is 9.18 Å². The Balaban J connectivity index is 1.37. The van der Waals surface area contributed by atoms with Gasteiger partial charge in [-0.25, -0.2) is 9.18 Å². The van der Waals surface area contributed by atoms with Crippen LogP contribution in [0, 0.1) is 12.7 Å². The lowest BCUT2D eigenvalue weighted by molar-refractivity contribution is 0.178. The van der Waals surface area contributed by atoms with Gasteiger partial charge in [-0.3, -0.25) is 0 Å². The Hall–Kier alpha value is -2.84. The Morgan fingerprint density at radius 3 is 2.76 bits per heavy atom. The molecule has 3 aromatic rings. The Morgan fingerprint density at radius 1 is 1.18 bits per heavy atom. The summed E-state index contributed by atoms with van der Waals surface area (Å²) < 4.78 is 21.8. The van der Waals surface area contributed by atoms with Crippen molar-refractivity contribution < 1.29 is 13.9 Å². The van der Waals surface area contributed by atoms with E-state index in [-0.39, 0.29) is 17.8 Å². The molecule has 1 aromatic heterocycles. The number of ether oxygens (including phenoxy) is 1. The van der Waals surface area contributed by atoms with Crippen molar-refractivity contribution in [3.8, 4) is 5.75 Å². The van der Waals surface area contributed by atoms with Crippen molar-refractivity contribution in [2.45, 2.75) is 44.8 Å². The van der Waals surface area contributed by atoms with Crippen LogP contribution < -0.4 is 10.1 Å². The van der Waals surface area contributed by atoms with Crippen molar-refractivity contribution in [2.24, 2.45) is 0 Å². The minimum atomic E-state index is -0.483. The highest BCUT2D eigenvalue weighted by Crippen LogP contribution is 2.40. The molecule has 0 spiro atoms. The second-order valence-corrected chi connectivity index (χ2v) is 9.42. The number of rotatable bonds is 4. The molecule has 1 N–H and O–H groups in total. The number of nitrogens with one attached hydrogen (secondary N) is 1. The highest BCUT2D eigenvalue weighted by Gasteiger charge is 2.36. The monoisotopic (exact) mass is 503 g/mol. The average Bonchev–Trinajstić information content (AvgIpc) is 3.45. The van der Waals surface area contributed by atoms with E-state index in [0.29, 0.717) is 41.7 Å². The standard InChI is InChI=1S/C24H24Cl2FN5O2/c1-14-29-30-23(32(14)13-15-4-6-16(25)7-5-15)20-3-2-11-31(20)24(33)28-19-10-12-34-22-18(27)9-8-17(26)21(19)22/h4-9,19-20H,2-3,10-13H2,1H3,(H,28,33)/t19-,20+/m0/s1. The Bertz CT molecular complexity index is 1220. The van der Waals surface area contributed by atoms with Crippen LogP contribution in [0.5, 0.6) is 5.75 Å². The summed E-state index contributed by atoms with van der Waals surface area (Å²) in [4.78, 5) is 15.2. The molecule has 0 unspecified atom stereocenters. The van der Waals surface area contributed by atoms with Gasteiger partial charge in [0.1, 0.15) is 5.82 Å². The summed E-state index contributed by atoms with van der Waals surface area (Å²) in [5.41, 5.74) is 1.55. The van der Waals surface area contributed by atoms with Crippen LogP contribution in [0.25, 0.3) is 0 Å². The van der Waals surface area contributed by atoms with Gasteiger partial charge in [0, 0.05) is 28.6 Å². The third-order valence-corrected chi connectivity index (χ3v) is 7.01. The maximum absolute atomic E-state index is 14.3. The molecular weight excluding hydrogens is 480 g/mol. The summed E-state index contributed by atoms with van der Waals surface area (Å²) in [6, 6.07) is 9.52. The number of aryl methyl sites for hydroxylation is 1. The zero-order valence-electron chi connectivity index (χ0n) is 18.6. The van der Waals surface area contributed by atoms with Crippen LogP contribution in [0.2, 0.25) is 10.0 Å². The molecule has 0 aliphatic carbocycles. The third kappa shape index (κ3) is 4.32. The number of hydrogen-bond donors (Lipinski definition) is 1. The Kier molecular flexibility index (Phi) is 6.36. The van der Waals surface area contributed by atoms with E-state index in [4.69, 9.17) is 27.9 Å². The van der Waals surface area contributed by atoms with Crippen LogP contribution in [-0.2, 0) is 6.54 Å². The number of hydrogen-bond acceptors (Lipinski definition) is 4. The van der Waals surface area contributed by atoms with E-state index >= 15 is 0 Å². The minimum Gasteiger partial charge on any atom is -0.490 e. The summed E-state index contributed by atoms with van der Waals surface area (Å²) >= 11 is 12.4. The zero-order chi connectivity index (χ0) is 23.8. The zero-order valence-corrected chi connectivity index (χ0v) is 20.1. The lowest BCUT2D eigenvalue weighted by Gasteiger charge is -2.31. The summed E-state index contributed by atoms with van der Waals surface area (Å²) in [6.45, 7) is 3.38. The maximum atomic E-state index is 14.3. The van der Waals surface area contributed by atoms with Crippen molar-refractivity contribution in [3.63, 3.8) is 0 Å². The number of carbonyl (C=O) groups excluding carboxylic acids is 1. The summed E-state index contributed by atoms with van der Waals surface area (Å²) in [6.07, 6.45) is 2.14. The number of halogens is 3. The first kappa shape index (κ1) is 22.9. The highest BCUT2D eigenvalue weighted by atomic mass is 35.5. The van der Waals surface area contributed by atoms with Crippen molar-refractivity contribution in [1.29, 1.82) is 0 Å². The molecule has 2 aliphatic rings. The second kappa shape index (κ2) is 9.43. The molecule has 0 radical (unpaired) electrons. The normalized spacial score (nSPS) is 19.6. The summed E-state index contributed by atoms with van der Waals surface area (Å²) in [5.74, 6) is 1.15. The molecule has 1 saturated heterocycles. The molecule has 1 fully saturated rings. The number of fused-ring (bicyclic) bond motifs is 1. The van der Waals surface area contributed by atoms with E-state index in [1.54, 1.807) is 4.90 Å². The van der Waals surface area contributed by atoms with Crippen molar-refractivity contribution >= 4 is 29.2 Å². The molecule has 10 heteroatoms. The number of likely N-dealkylation sites (tertiary alicyclic amines) is 1. The molecule has 178 valence electrons. The van der Waals surface area contributed by atoms with Crippen LogP contribution in [0.3, 0.4) is 0 Å². The number of amides is 2. The first-order valence-electron chi connectivity index (χ1n) is 11.2. The molecule has 2 aromatic carbocycles. The smallest absolute Gasteiger partial charge is 0.318 e. The van der Waals surface area contributed by atoms with Gasteiger partial charge in [0.25, 0.3) is 0 Å². The van der Waals surface area contributed by atoms with Gasteiger partial charge in [0.15, 0.2) is 17.4 Å². The molecule has 2 aliphatic heterocycles. The summed E-state index contributed by atoms with van der Waals surface area (Å²) in [5, 5.41) is 12.8. The van der Waals surface area contributed by atoms with Crippen LogP contribution in [-0.4, -0.2) is 38.8 Å². The van der Waals surface area contributed by atoms with Crippen molar-refractivity contribution in [1.82, 2.24) is 25.0 Å². The molecule has 5 rings (SSSR count). The van der Waals surface area contributed by atoms with Gasteiger partial charge in [-0.2, -0.15) is 0 Å². The minimum absolute atomic E-state index is 0.111. The second-order valence-electron chi connectivity index (χ2n) is 8.58. The van der Waals surface area contributed by atoms with Gasteiger partial charge in [0.05, 0.1) is 25.2 Å². The van der Waals surface area contributed by atoms with Gasteiger partial charge in [0.2, 0.25) is 0 Å². The molecule has 2 atom stereocenters. The predicted molar refractivity (Wildman–Crippen MR) is 127 cm³/mol. The predicted octanol–water partition coefficient (Wildman–Crippen LogP) is 5.45. The van der Waals surface area contributed by atoms with Crippen LogP contribution in [0.15, 0.2) is 36.4 Å². The Morgan fingerprint density at radius 2 is 1.97 bits per heavy atom.